The monoisotopic (exact) mass is 575 g/mol. The number of anilines is 2. The molecule has 0 saturated heterocycles. The fraction of sp³-hybridized carbons (Fsp3) is 0.536. The van der Waals surface area contributed by atoms with E-state index in [9.17, 15) is 18.3 Å². The van der Waals surface area contributed by atoms with Gasteiger partial charge in [-0.2, -0.15) is 0 Å². The molecule has 1 unspecified atom stereocenters. The highest BCUT2D eigenvalue weighted by Crippen LogP contribution is 2.35. The minimum Gasteiger partial charge on any atom is -0.444 e. The molecule has 0 bridgehead atoms. The maximum absolute atomic E-state index is 13.9. The number of aliphatic hydroxyl groups excluding tert-OH is 1. The lowest BCUT2D eigenvalue weighted by molar-refractivity contribution is -0.145. The van der Waals surface area contributed by atoms with Gasteiger partial charge >= 0.3 is 6.09 Å². The quantitative estimate of drug-likeness (QED) is 0.314. The number of amides is 1. The standard InChI is InChI=1S/C28H41N5O6S/c1-28(2,3)38-27(35)31-23(16-19-10-6-5-7-11-19)25(34)18-33(39-20-12-8-9-13-20)40(36,37)21-14-15-22-24(17-21)32(4)26(29)30-22/h5-7,10-11,14-15,17,20,23,25-26,30,34H,8-9,12-13,16,18,29H2,1-4H3,(H,31,35)/t23-,25-,26?/m0/s1. The number of hydrogen-bond donors (Lipinski definition) is 4. The molecule has 12 heteroatoms. The average molecular weight is 576 g/mol. The Bertz CT molecular complexity index is 1260. The summed E-state index contributed by atoms with van der Waals surface area (Å²) in [5.74, 6) is 0. The third-order valence-electron chi connectivity index (χ3n) is 7.01. The maximum Gasteiger partial charge on any atom is 0.407 e. The summed E-state index contributed by atoms with van der Waals surface area (Å²) >= 11 is 0. The van der Waals surface area contributed by atoms with Gasteiger partial charge in [-0.3, -0.25) is 10.6 Å². The van der Waals surface area contributed by atoms with Crippen molar-refractivity contribution in [2.24, 2.45) is 5.73 Å². The van der Waals surface area contributed by atoms with Crippen LogP contribution in [0.25, 0.3) is 0 Å². The molecule has 220 valence electrons. The third-order valence-corrected chi connectivity index (χ3v) is 8.63. The zero-order valence-electron chi connectivity index (χ0n) is 23.5. The topological polar surface area (TPSA) is 146 Å². The van der Waals surface area contributed by atoms with E-state index in [1.807, 2.05) is 30.3 Å². The van der Waals surface area contributed by atoms with Crippen molar-refractivity contribution >= 4 is 27.5 Å². The first-order valence-corrected chi connectivity index (χ1v) is 15.1. The van der Waals surface area contributed by atoms with Crippen LogP contribution in [-0.2, 0) is 26.0 Å². The van der Waals surface area contributed by atoms with Crippen LogP contribution in [0.3, 0.4) is 0 Å². The summed E-state index contributed by atoms with van der Waals surface area (Å²) in [5, 5.41) is 17.2. The summed E-state index contributed by atoms with van der Waals surface area (Å²) in [5.41, 5.74) is 7.53. The third kappa shape index (κ3) is 7.43. The Kier molecular flexibility index (Phi) is 9.26. The first-order valence-electron chi connectivity index (χ1n) is 13.6. The van der Waals surface area contributed by atoms with Crippen molar-refractivity contribution in [3.05, 3.63) is 54.1 Å². The average Bonchev–Trinajstić information content (AvgIpc) is 3.50. The number of fused-ring (bicyclic) bond motifs is 1. The number of carbonyl (C=O) groups is 1. The van der Waals surface area contributed by atoms with Gasteiger partial charge in [0.1, 0.15) is 5.60 Å². The number of aliphatic hydroxyl groups is 1. The minimum absolute atomic E-state index is 0.0129. The second-order valence-corrected chi connectivity index (χ2v) is 13.2. The van der Waals surface area contributed by atoms with E-state index < -0.39 is 46.7 Å². The number of sulfonamides is 1. The van der Waals surface area contributed by atoms with E-state index >= 15 is 0 Å². The molecule has 0 radical (unpaired) electrons. The van der Waals surface area contributed by atoms with Crippen molar-refractivity contribution in [2.75, 3.05) is 23.8 Å². The fourth-order valence-electron chi connectivity index (χ4n) is 4.86. The van der Waals surface area contributed by atoms with Crippen molar-refractivity contribution < 1.29 is 27.9 Å². The molecule has 4 rings (SSSR count). The number of hydroxylamine groups is 1. The Labute approximate surface area is 236 Å². The lowest BCUT2D eigenvalue weighted by atomic mass is 10.0. The molecule has 0 spiro atoms. The Hall–Kier alpha value is -2.90. The van der Waals surface area contributed by atoms with Gasteiger partial charge in [0.25, 0.3) is 10.0 Å². The number of nitrogens with zero attached hydrogens (tertiary/aromatic N) is 2. The second kappa shape index (κ2) is 12.3. The smallest absolute Gasteiger partial charge is 0.407 e. The molecule has 40 heavy (non-hydrogen) atoms. The number of rotatable bonds is 10. The van der Waals surface area contributed by atoms with Gasteiger partial charge < -0.3 is 25.4 Å². The van der Waals surface area contributed by atoms with Gasteiger partial charge in [0, 0.05) is 7.05 Å². The second-order valence-electron chi connectivity index (χ2n) is 11.4. The number of nitrogens with two attached hydrogens (primary N) is 1. The van der Waals surface area contributed by atoms with E-state index in [0.29, 0.717) is 5.69 Å². The van der Waals surface area contributed by atoms with Crippen LogP contribution >= 0.6 is 0 Å². The summed E-state index contributed by atoms with van der Waals surface area (Å²) in [6.45, 7) is 4.84. The zero-order chi connectivity index (χ0) is 29.1. The van der Waals surface area contributed by atoms with Gasteiger partial charge in [0.05, 0.1) is 41.1 Å². The molecule has 1 fully saturated rings. The van der Waals surface area contributed by atoms with Crippen molar-refractivity contribution in [3.8, 4) is 0 Å². The number of alkyl carbamates (subject to hydrolysis) is 1. The van der Waals surface area contributed by atoms with Crippen LogP contribution in [0.1, 0.15) is 52.0 Å². The lowest BCUT2D eigenvalue weighted by Crippen LogP contribution is -2.51. The summed E-state index contributed by atoms with van der Waals surface area (Å²) in [7, 11) is -2.43. The molecule has 0 aromatic heterocycles. The van der Waals surface area contributed by atoms with E-state index in [1.165, 1.54) is 6.07 Å². The summed E-state index contributed by atoms with van der Waals surface area (Å²) in [6, 6.07) is 13.2. The van der Waals surface area contributed by atoms with Gasteiger partial charge in [-0.15, -0.1) is 0 Å². The molecule has 1 heterocycles. The van der Waals surface area contributed by atoms with E-state index in [4.69, 9.17) is 15.3 Å². The number of benzene rings is 2. The molecule has 1 aliphatic heterocycles. The van der Waals surface area contributed by atoms with Crippen LogP contribution in [0.15, 0.2) is 53.4 Å². The van der Waals surface area contributed by atoms with Gasteiger partial charge in [0.15, 0.2) is 6.29 Å². The van der Waals surface area contributed by atoms with Gasteiger partial charge in [-0.25, -0.2) is 13.2 Å². The molecule has 1 saturated carbocycles. The van der Waals surface area contributed by atoms with Crippen LogP contribution < -0.4 is 21.3 Å². The maximum atomic E-state index is 13.9. The molecular formula is C28H41N5O6S. The van der Waals surface area contributed by atoms with Crippen LogP contribution in [-0.4, -0.2) is 67.8 Å². The molecule has 2 aromatic rings. The SMILES string of the molecule is CN1c2cc(S(=O)(=O)N(C[C@H](O)[C@H](Cc3ccccc3)NC(=O)OC(C)(C)C)OC3CCCC3)ccc2NC1N. The molecular weight excluding hydrogens is 534 g/mol. The fourth-order valence-corrected chi connectivity index (χ4v) is 6.18. The Balaban J connectivity index is 1.61. The zero-order valence-corrected chi connectivity index (χ0v) is 24.4. The first kappa shape index (κ1) is 30.1. The normalized spacial score (nSPS) is 19.3. The number of nitrogens with one attached hydrogen (secondary N) is 2. The minimum atomic E-state index is -4.20. The molecule has 2 aromatic carbocycles. The van der Waals surface area contributed by atoms with Crippen LogP contribution in [0, 0.1) is 0 Å². The van der Waals surface area contributed by atoms with Crippen molar-refractivity contribution in [1.82, 2.24) is 9.79 Å². The number of carbonyl (C=O) groups excluding carboxylic acids is 1. The Morgan fingerprint density at radius 1 is 1.20 bits per heavy atom. The largest absolute Gasteiger partial charge is 0.444 e. The van der Waals surface area contributed by atoms with E-state index in [2.05, 4.69) is 10.6 Å². The lowest BCUT2D eigenvalue weighted by Gasteiger charge is -2.31. The van der Waals surface area contributed by atoms with Crippen molar-refractivity contribution in [1.29, 1.82) is 0 Å². The van der Waals surface area contributed by atoms with Gasteiger partial charge in [-0.1, -0.05) is 47.6 Å². The van der Waals surface area contributed by atoms with E-state index in [1.54, 1.807) is 44.9 Å². The highest BCUT2D eigenvalue weighted by molar-refractivity contribution is 7.89. The van der Waals surface area contributed by atoms with Gasteiger partial charge in [0.2, 0.25) is 0 Å². The van der Waals surface area contributed by atoms with E-state index in [-0.39, 0.29) is 17.4 Å². The summed E-state index contributed by atoms with van der Waals surface area (Å²) in [4.78, 5) is 20.5. The highest BCUT2D eigenvalue weighted by atomic mass is 32.2. The van der Waals surface area contributed by atoms with Crippen LogP contribution in [0.5, 0.6) is 0 Å². The van der Waals surface area contributed by atoms with Crippen molar-refractivity contribution in [3.63, 3.8) is 0 Å². The first-order chi connectivity index (χ1) is 18.8. The molecule has 3 atom stereocenters. The predicted molar refractivity (Wildman–Crippen MR) is 153 cm³/mol. The predicted octanol–water partition coefficient (Wildman–Crippen LogP) is 3.15. The molecule has 2 aliphatic rings. The molecule has 1 amide bonds. The number of hydrogen-bond acceptors (Lipinski definition) is 9. The van der Waals surface area contributed by atoms with E-state index in [0.717, 1.165) is 41.4 Å². The van der Waals surface area contributed by atoms with Crippen molar-refractivity contribution in [2.45, 2.75) is 87.9 Å². The number of ether oxygens (including phenoxy) is 1. The van der Waals surface area contributed by atoms with Crippen LogP contribution in [0.2, 0.25) is 0 Å². The molecule has 5 N–H and O–H groups in total. The molecule has 11 nitrogen and oxygen atoms in total. The Morgan fingerprint density at radius 3 is 2.52 bits per heavy atom. The summed E-state index contributed by atoms with van der Waals surface area (Å²) < 4.78 is 34.2. The van der Waals surface area contributed by atoms with Crippen LogP contribution in [0.4, 0.5) is 16.2 Å². The van der Waals surface area contributed by atoms with Gasteiger partial charge in [-0.05, 0) is 63.8 Å². The highest BCUT2D eigenvalue weighted by Gasteiger charge is 2.36. The Morgan fingerprint density at radius 2 is 1.88 bits per heavy atom. The molecule has 1 aliphatic carbocycles. The summed E-state index contributed by atoms with van der Waals surface area (Å²) in [6.07, 6.45) is 0.788.